The summed E-state index contributed by atoms with van der Waals surface area (Å²) in [5, 5.41) is 7.24. The van der Waals surface area contributed by atoms with E-state index in [-0.39, 0.29) is 11.5 Å². The maximum Gasteiger partial charge on any atom is 0.240 e. The van der Waals surface area contributed by atoms with E-state index in [4.69, 9.17) is 4.52 Å². The third-order valence-electron chi connectivity index (χ3n) is 4.02. The molecule has 1 saturated carbocycles. The molecular weight excluding hydrogens is 300 g/mol. The van der Waals surface area contributed by atoms with Crippen LogP contribution in [0.25, 0.3) is 0 Å². The van der Waals surface area contributed by atoms with Crippen molar-refractivity contribution in [2.24, 2.45) is 5.41 Å². The molecule has 1 atom stereocenters. The van der Waals surface area contributed by atoms with E-state index in [2.05, 4.69) is 15.5 Å². The minimum Gasteiger partial charge on any atom is -0.338 e. The molecule has 0 bridgehead atoms. The molecule has 0 radical (unpaired) electrons. The van der Waals surface area contributed by atoms with E-state index >= 15 is 0 Å². The van der Waals surface area contributed by atoms with Crippen LogP contribution in [0.15, 0.2) is 22.7 Å². The van der Waals surface area contributed by atoms with E-state index in [1.165, 1.54) is 12.1 Å². The van der Waals surface area contributed by atoms with E-state index in [1.54, 1.807) is 0 Å². The Bertz CT molecular complexity index is 689. The summed E-state index contributed by atoms with van der Waals surface area (Å²) in [4.78, 5) is 4.36. The zero-order valence-corrected chi connectivity index (χ0v) is 13.6. The van der Waals surface area contributed by atoms with Crippen LogP contribution < -0.4 is 5.32 Å². The summed E-state index contributed by atoms with van der Waals surface area (Å²) < 4.78 is 32.5. The maximum atomic E-state index is 14.1. The fourth-order valence-corrected chi connectivity index (χ4v) is 2.65. The van der Waals surface area contributed by atoms with Gasteiger partial charge in [0, 0.05) is 23.6 Å². The number of hydrogen-bond acceptors (Lipinski definition) is 4. The Labute approximate surface area is 134 Å². The number of nitrogens with zero attached hydrogens (tertiary/aromatic N) is 2. The van der Waals surface area contributed by atoms with Crippen molar-refractivity contribution in [2.45, 2.75) is 52.1 Å². The first-order valence-electron chi connectivity index (χ1n) is 7.85. The normalized spacial score (nSPS) is 16.6. The Balaban J connectivity index is 1.76. The van der Waals surface area contributed by atoms with Crippen molar-refractivity contribution in [3.8, 4) is 0 Å². The molecule has 0 saturated heterocycles. The van der Waals surface area contributed by atoms with Gasteiger partial charge in [-0.05, 0) is 24.3 Å². The highest BCUT2D eigenvalue weighted by Gasteiger charge is 2.31. The largest absolute Gasteiger partial charge is 0.338 e. The average Bonchev–Trinajstić information content (AvgIpc) is 3.19. The summed E-state index contributed by atoms with van der Waals surface area (Å²) in [6, 6.07) is 3.36. The van der Waals surface area contributed by atoms with Crippen LogP contribution in [0.1, 0.15) is 62.9 Å². The molecule has 0 spiro atoms. The second kappa shape index (κ2) is 6.00. The standard InChI is InChI=1S/C17H21F2N3O/c1-17(2,3)15(12-7-6-11(18)8-13(12)19)20-9-14-21-16(22-23-14)10-4-5-10/h6-8,10,15,20H,4-5,9H2,1-3H3/t15-/m0/s1. The van der Waals surface area contributed by atoms with E-state index < -0.39 is 11.6 Å². The van der Waals surface area contributed by atoms with Gasteiger partial charge in [-0.1, -0.05) is 32.0 Å². The first kappa shape index (κ1) is 16.1. The van der Waals surface area contributed by atoms with Crippen molar-refractivity contribution in [3.63, 3.8) is 0 Å². The Morgan fingerprint density at radius 2 is 2.04 bits per heavy atom. The summed E-state index contributed by atoms with van der Waals surface area (Å²) in [6.45, 7) is 6.34. The molecule has 1 fully saturated rings. The highest BCUT2D eigenvalue weighted by molar-refractivity contribution is 5.24. The fourth-order valence-electron chi connectivity index (χ4n) is 2.65. The Morgan fingerprint density at radius 3 is 2.65 bits per heavy atom. The predicted octanol–water partition coefficient (Wildman–Crippen LogP) is 4.10. The van der Waals surface area contributed by atoms with Crippen molar-refractivity contribution >= 4 is 0 Å². The molecule has 2 aromatic rings. The van der Waals surface area contributed by atoms with Crippen molar-refractivity contribution in [2.75, 3.05) is 0 Å². The molecule has 124 valence electrons. The van der Waals surface area contributed by atoms with E-state index in [1.807, 2.05) is 20.8 Å². The minimum atomic E-state index is -0.579. The molecule has 1 N–H and O–H groups in total. The van der Waals surface area contributed by atoms with E-state index in [9.17, 15) is 8.78 Å². The number of hydrogen-bond donors (Lipinski definition) is 1. The summed E-state index contributed by atoms with van der Waals surface area (Å²) >= 11 is 0. The smallest absolute Gasteiger partial charge is 0.240 e. The molecule has 3 rings (SSSR count). The van der Waals surface area contributed by atoms with Gasteiger partial charge in [0.1, 0.15) is 11.6 Å². The van der Waals surface area contributed by atoms with Gasteiger partial charge in [0.25, 0.3) is 0 Å². The zero-order chi connectivity index (χ0) is 16.6. The number of halogens is 2. The third kappa shape index (κ3) is 3.75. The van der Waals surface area contributed by atoms with Gasteiger partial charge in [-0.15, -0.1) is 0 Å². The molecule has 1 aliphatic rings. The molecule has 1 heterocycles. The minimum absolute atomic E-state index is 0.266. The van der Waals surface area contributed by atoms with Crippen molar-refractivity contribution in [1.82, 2.24) is 15.5 Å². The van der Waals surface area contributed by atoms with Gasteiger partial charge in [-0.25, -0.2) is 8.78 Å². The predicted molar refractivity (Wildman–Crippen MR) is 81.7 cm³/mol. The van der Waals surface area contributed by atoms with Crippen LogP contribution >= 0.6 is 0 Å². The number of rotatable bonds is 5. The molecular formula is C17H21F2N3O. The van der Waals surface area contributed by atoms with Crippen LogP contribution in [0.5, 0.6) is 0 Å². The summed E-state index contributed by atoms with van der Waals surface area (Å²) in [7, 11) is 0. The number of nitrogens with one attached hydrogen (secondary N) is 1. The van der Waals surface area contributed by atoms with Gasteiger partial charge in [0.15, 0.2) is 5.82 Å². The Kier molecular flexibility index (Phi) is 4.19. The van der Waals surface area contributed by atoms with Crippen LogP contribution in [-0.4, -0.2) is 10.1 Å². The quantitative estimate of drug-likeness (QED) is 0.900. The van der Waals surface area contributed by atoms with Gasteiger partial charge >= 0.3 is 0 Å². The second-order valence-electron chi connectivity index (χ2n) is 7.17. The Morgan fingerprint density at radius 1 is 1.30 bits per heavy atom. The molecule has 4 nitrogen and oxygen atoms in total. The lowest BCUT2D eigenvalue weighted by Gasteiger charge is -2.32. The maximum absolute atomic E-state index is 14.1. The van der Waals surface area contributed by atoms with Crippen molar-refractivity contribution in [1.29, 1.82) is 0 Å². The molecule has 0 amide bonds. The number of aromatic nitrogens is 2. The van der Waals surface area contributed by atoms with Crippen LogP contribution in [0.3, 0.4) is 0 Å². The topological polar surface area (TPSA) is 51.0 Å². The van der Waals surface area contributed by atoms with Crippen LogP contribution in [0.4, 0.5) is 8.78 Å². The molecule has 1 aromatic carbocycles. The lowest BCUT2D eigenvalue weighted by atomic mass is 9.82. The monoisotopic (exact) mass is 321 g/mol. The van der Waals surface area contributed by atoms with Crippen molar-refractivity contribution in [3.05, 3.63) is 47.1 Å². The molecule has 23 heavy (non-hydrogen) atoms. The van der Waals surface area contributed by atoms with Gasteiger partial charge in [0.05, 0.1) is 6.54 Å². The molecule has 1 aliphatic carbocycles. The van der Waals surface area contributed by atoms with E-state index in [0.717, 1.165) is 24.7 Å². The summed E-state index contributed by atoms with van der Waals surface area (Å²) in [5.74, 6) is 0.540. The van der Waals surface area contributed by atoms with Crippen molar-refractivity contribution < 1.29 is 13.3 Å². The van der Waals surface area contributed by atoms with Gasteiger partial charge < -0.3 is 9.84 Å². The highest BCUT2D eigenvalue weighted by atomic mass is 19.1. The SMILES string of the molecule is CC(C)(C)[C@@H](NCc1nc(C2CC2)no1)c1ccc(F)cc1F. The molecule has 1 aromatic heterocycles. The van der Waals surface area contributed by atoms with Gasteiger partial charge in [-0.2, -0.15) is 4.98 Å². The number of benzene rings is 1. The fraction of sp³-hybridized carbons (Fsp3) is 0.529. The van der Waals surface area contributed by atoms with Crippen LogP contribution in [-0.2, 0) is 6.54 Å². The summed E-state index contributed by atoms with van der Waals surface area (Å²) in [6.07, 6.45) is 2.22. The summed E-state index contributed by atoms with van der Waals surface area (Å²) in [5.41, 5.74) is 0.165. The lowest BCUT2D eigenvalue weighted by molar-refractivity contribution is 0.251. The second-order valence-corrected chi connectivity index (χ2v) is 7.17. The molecule has 0 aliphatic heterocycles. The molecule has 6 heteroatoms. The average molecular weight is 321 g/mol. The first-order chi connectivity index (χ1) is 10.8. The van der Waals surface area contributed by atoms with Crippen LogP contribution in [0, 0.1) is 17.0 Å². The Hall–Kier alpha value is -1.82. The van der Waals surface area contributed by atoms with Gasteiger partial charge in [-0.3, -0.25) is 0 Å². The van der Waals surface area contributed by atoms with Gasteiger partial charge in [0.2, 0.25) is 5.89 Å². The third-order valence-corrected chi connectivity index (χ3v) is 4.02. The lowest BCUT2D eigenvalue weighted by Crippen LogP contribution is -2.32. The molecule has 0 unspecified atom stereocenters. The van der Waals surface area contributed by atoms with E-state index in [0.29, 0.717) is 23.9 Å². The zero-order valence-electron chi connectivity index (χ0n) is 13.6. The first-order valence-corrected chi connectivity index (χ1v) is 7.85. The van der Waals surface area contributed by atoms with Crippen LogP contribution in [0.2, 0.25) is 0 Å². The highest BCUT2D eigenvalue weighted by Crippen LogP contribution is 2.38.